The van der Waals surface area contributed by atoms with Crippen LogP contribution in [0.4, 0.5) is 0 Å². The van der Waals surface area contributed by atoms with Crippen LogP contribution in [0.25, 0.3) is 0 Å². The van der Waals surface area contributed by atoms with Gasteiger partial charge in [-0.3, -0.25) is 4.18 Å². The van der Waals surface area contributed by atoms with Crippen LogP contribution in [-0.4, -0.2) is 107 Å². The first-order chi connectivity index (χ1) is 14.1. The molecule has 0 saturated carbocycles. The normalized spacial score (nSPS) is 17.6. The van der Waals surface area contributed by atoms with E-state index in [9.17, 15) is 8.42 Å². The van der Waals surface area contributed by atoms with E-state index in [1.54, 1.807) is 0 Å². The zero-order valence-electron chi connectivity index (χ0n) is 17.4. The van der Waals surface area contributed by atoms with Crippen molar-refractivity contribution in [3.8, 4) is 0 Å². The lowest BCUT2D eigenvalue weighted by Gasteiger charge is -2.22. The smallest absolute Gasteiger partial charge is 0.264 e. The van der Waals surface area contributed by atoms with Crippen molar-refractivity contribution in [3.63, 3.8) is 0 Å². The highest BCUT2D eigenvalue weighted by atomic mass is 32.2. The summed E-state index contributed by atoms with van der Waals surface area (Å²) in [4.78, 5) is 0. The molecule has 0 aromatic heterocycles. The van der Waals surface area contributed by atoms with E-state index in [2.05, 4.69) is 4.18 Å². The van der Waals surface area contributed by atoms with Gasteiger partial charge in [-0.15, -0.1) is 0 Å². The van der Waals surface area contributed by atoms with Gasteiger partial charge in [-0.25, -0.2) is 0 Å². The van der Waals surface area contributed by atoms with Crippen molar-refractivity contribution in [2.45, 2.75) is 25.6 Å². The minimum absolute atomic E-state index is 0.0101. The van der Waals surface area contributed by atoms with Gasteiger partial charge in [0.2, 0.25) is 0 Å². The highest BCUT2D eigenvalue weighted by Crippen LogP contribution is 2.13. The lowest BCUT2D eigenvalue weighted by atomic mass is 10.2. The van der Waals surface area contributed by atoms with Crippen molar-refractivity contribution in [1.82, 2.24) is 0 Å². The van der Waals surface area contributed by atoms with Crippen molar-refractivity contribution >= 4 is 10.1 Å². The molecule has 1 unspecified atom stereocenters. The topological polar surface area (TPSA) is 108 Å². The van der Waals surface area contributed by atoms with E-state index >= 15 is 0 Å². The third kappa shape index (κ3) is 19.3. The molecule has 1 saturated heterocycles. The summed E-state index contributed by atoms with van der Waals surface area (Å²) in [6.45, 7) is 5.80. The second-order valence-corrected chi connectivity index (χ2v) is 7.90. The zero-order valence-corrected chi connectivity index (χ0v) is 18.2. The van der Waals surface area contributed by atoms with Crippen LogP contribution >= 0.6 is 0 Å². The summed E-state index contributed by atoms with van der Waals surface area (Å²) in [7, 11) is -3.40. The Morgan fingerprint density at radius 2 is 1.14 bits per heavy atom. The molecule has 1 heterocycles. The highest BCUT2D eigenvalue weighted by molar-refractivity contribution is 7.85. The van der Waals surface area contributed by atoms with Crippen molar-refractivity contribution < 1.29 is 45.8 Å². The van der Waals surface area contributed by atoms with Crippen LogP contribution in [0.2, 0.25) is 0 Å². The Labute approximate surface area is 174 Å². The molecule has 0 radical (unpaired) electrons. The monoisotopic (exact) mass is 444 g/mol. The van der Waals surface area contributed by atoms with Crippen molar-refractivity contribution in [1.29, 1.82) is 0 Å². The molecular formula is C18H36O10S. The van der Waals surface area contributed by atoms with Gasteiger partial charge in [0.15, 0.2) is 6.29 Å². The van der Waals surface area contributed by atoms with Gasteiger partial charge in [-0.05, 0) is 19.3 Å². The molecule has 1 aliphatic heterocycles. The first-order valence-corrected chi connectivity index (χ1v) is 11.9. The molecule has 1 fully saturated rings. The van der Waals surface area contributed by atoms with Crippen LogP contribution in [0.15, 0.2) is 0 Å². The standard InChI is InChI=1S/C18H36O10S/c1-29(19,20)28-17-15-25-13-11-23-9-7-21-6-8-22-10-12-24-14-16-27-18-4-2-3-5-26-18/h18H,2-17H2,1H3. The van der Waals surface area contributed by atoms with E-state index in [4.69, 9.17) is 33.2 Å². The molecule has 0 aromatic carbocycles. The van der Waals surface area contributed by atoms with Gasteiger partial charge < -0.3 is 33.2 Å². The fourth-order valence-corrected chi connectivity index (χ4v) is 2.68. The first-order valence-electron chi connectivity index (χ1n) is 10.0. The summed E-state index contributed by atoms with van der Waals surface area (Å²) < 4.78 is 63.7. The van der Waals surface area contributed by atoms with E-state index in [0.717, 1.165) is 32.1 Å². The number of ether oxygens (including phenoxy) is 7. The van der Waals surface area contributed by atoms with Gasteiger partial charge in [-0.1, -0.05) is 0 Å². The van der Waals surface area contributed by atoms with Gasteiger partial charge >= 0.3 is 0 Å². The highest BCUT2D eigenvalue weighted by Gasteiger charge is 2.13. The quantitative estimate of drug-likeness (QED) is 0.195. The summed E-state index contributed by atoms with van der Waals surface area (Å²) in [6, 6.07) is 0. The van der Waals surface area contributed by atoms with Gasteiger partial charge in [-0.2, -0.15) is 8.42 Å². The number of hydrogen-bond acceptors (Lipinski definition) is 10. The van der Waals surface area contributed by atoms with Gasteiger partial charge in [0.1, 0.15) is 0 Å². The summed E-state index contributed by atoms with van der Waals surface area (Å²) in [5.41, 5.74) is 0. The molecule has 1 rings (SSSR count). The molecule has 11 heteroatoms. The maximum absolute atomic E-state index is 10.7. The Balaban J connectivity index is 1.67. The predicted molar refractivity (Wildman–Crippen MR) is 104 cm³/mol. The Morgan fingerprint density at radius 3 is 1.55 bits per heavy atom. The molecule has 0 bridgehead atoms. The molecule has 1 aliphatic rings. The van der Waals surface area contributed by atoms with Crippen LogP contribution in [0.3, 0.4) is 0 Å². The Morgan fingerprint density at radius 1 is 0.690 bits per heavy atom. The van der Waals surface area contributed by atoms with Gasteiger partial charge in [0.25, 0.3) is 10.1 Å². The summed E-state index contributed by atoms with van der Waals surface area (Å²) in [6.07, 6.45) is 4.17. The minimum atomic E-state index is -3.40. The van der Waals surface area contributed by atoms with E-state index in [-0.39, 0.29) is 19.5 Å². The maximum Gasteiger partial charge on any atom is 0.264 e. The average Bonchev–Trinajstić information content (AvgIpc) is 2.69. The summed E-state index contributed by atoms with van der Waals surface area (Å²) in [5, 5.41) is 0. The van der Waals surface area contributed by atoms with E-state index < -0.39 is 10.1 Å². The van der Waals surface area contributed by atoms with Crippen molar-refractivity contribution in [2.24, 2.45) is 0 Å². The Kier molecular flexibility index (Phi) is 16.9. The van der Waals surface area contributed by atoms with E-state index in [1.165, 1.54) is 0 Å². The Hall–Kier alpha value is -0.370. The average molecular weight is 445 g/mol. The molecule has 1 atom stereocenters. The molecule has 0 aromatic rings. The molecule has 29 heavy (non-hydrogen) atoms. The van der Waals surface area contributed by atoms with Crippen LogP contribution in [0.5, 0.6) is 0 Å². The number of rotatable bonds is 20. The van der Waals surface area contributed by atoms with Crippen LogP contribution in [0, 0.1) is 0 Å². The fourth-order valence-electron chi connectivity index (χ4n) is 2.31. The van der Waals surface area contributed by atoms with Crippen molar-refractivity contribution in [2.75, 3.05) is 92.1 Å². The lowest BCUT2D eigenvalue weighted by Crippen LogP contribution is -2.24. The largest absolute Gasteiger partial charge is 0.377 e. The van der Waals surface area contributed by atoms with Crippen molar-refractivity contribution in [3.05, 3.63) is 0 Å². The molecular weight excluding hydrogens is 408 g/mol. The summed E-state index contributed by atoms with van der Waals surface area (Å²) >= 11 is 0. The second-order valence-electron chi connectivity index (χ2n) is 6.25. The van der Waals surface area contributed by atoms with Crippen LogP contribution in [0.1, 0.15) is 19.3 Å². The van der Waals surface area contributed by atoms with E-state index in [1.807, 2.05) is 0 Å². The molecule has 10 nitrogen and oxygen atoms in total. The second kappa shape index (κ2) is 18.4. The molecule has 0 amide bonds. The minimum Gasteiger partial charge on any atom is -0.377 e. The zero-order chi connectivity index (χ0) is 21.0. The van der Waals surface area contributed by atoms with Crippen LogP contribution < -0.4 is 0 Å². The van der Waals surface area contributed by atoms with Crippen LogP contribution in [-0.2, 0) is 47.5 Å². The SMILES string of the molecule is CS(=O)(=O)OCCOCCOCCOCCOCCOCCOC1CCCCO1. The van der Waals surface area contributed by atoms with Gasteiger partial charge in [0, 0.05) is 6.61 Å². The maximum atomic E-state index is 10.7. The Bertz CT molecular complexity index is 454. The molecule has 174 valence electrons. The third-order valence-corrected chi connectivity index (χ3v) is 4.28. The summed E-state index contributed by atoms with van der Waals surface area (Å²) in [5.74, 6) is 0. The molecule has 0 N–H and O–H groups in total. The fraction of sp³-hybridized carbons (Fsp3) is 1.00. The molecule has 0 spiro atoms. The lowest BCUT2D eigenvalue weighted by molar-refractivity contribution is -0.169. The third-order valence-electron chi connectivity index (χ3n) is 3.68. The van der Waals surface area contributed by atoms with Gasteiger partial charge in [0.05, 0.1) is 85.5 Å². The van der Waals surface area contributed by atoms with E-state index in [0.29, 0.717) is 66.1 Å². The predicted octanol–water partition coefficient (Wildman–Crippen LogP) is 0.589. The molecule has 0 aliphatic carbocycles. The number of hydrogen-bond donors (Lipinski definition) is 0. The first kappa shape index (κ1) is 26.7.